The van der Waals surface area contributed by atoms with E-state index in [1.807, 2.05) is 0 Å². The van der Waals surface area contributed by atoms with Gasteiger partial charge in [-0.25, -0.2) is 9.59 Å². The van der Waals surface area contributed by atoms with E-state index in [9.17, 15) is 76.0 Å². The number of rotatable bonds is 18. The molecule has 26 nitrogen and oxygen atoms in total. The summed E-state index contributed by atoms with van der Waals surface area (Å²) in [6, 6.07) is 0. The molecule has 452 valence electrons. The van der Waals surface area contributed by atoms with Gasteiger partial charge in [-0.2, -0.15) is 0 Å². The Bertz CT molecular complexity index is 1970. The number of fused-ring (bicyclic) bond motifs is 1. The van der Waals surface area contributed by atoms with Crippen LogP contribution in [-0.2, 0) is 61.7 Å². The Morgan fingerprint density at radius 3 is 1.51 bits per heavy atom. The topological polar surface area (TPSA) is 399 Å². The molecule has 0 spiro atoms. The van der Waals surface area contributed by atoms with Gasteiger partial charge < -0.3 is 118 Å². The molecular formula is C53H84O26. The molecule has 13 N–H and O–H groups in total. The minimum absolute atomic E-state index is 0.0150. The van der Waals surface area contributed by atoms with Gasteiger partial charge in [-0.1, -0.05) is 12.2 Å². The molecule has 8 aliphatic rings. The maximum absolute atomic E-state index is 13.2. The second kappa shape index (κ2) is 28.4. The standard InChI is InChI=1S/C53H84O26/c1-69-33-15-23(3-11-29(33)57)5-13-39(59)71-21-37-42(62)45(65)48(68)52(77-37)79-50-46(66)43(63)38(22-72-40(60)14-6-24-4-12-30(58)34(16-24)70-2)78-53(50)75-35-19-28-31(73-49(35)25-7-9-26(55)10-8-25)17-27(56)18-32(28)74-51-47(67)44(64)41(61)36(20-54)76-51/h5-6,13-14,23-38,41-58,61-68H,3-4,7-12,15-22H2,1-2H3/t23?,24?,25?,26?,27?,28?,29?,30?,31?,32?,33?,34?,35?,36-,37-,38-,41-,42-,43-,44+,45+,46+,47-,48-,49?,50-,51-,52+,53-/m1/s1. The van der Waals surface area contributed by atoms with Gasteiger partial charge in [0, 0.05) is 38.7 Å². The van der Waals surface area contributed by atoms with Crippen molar-refractivity contribution in [3.05, 3.63) is 24.3 Å². The lowest BCUT2D eigenvalue weighted by molar-refractivity contribution is -0.380. The molecule has 0 aromatic rings. The van der Waals surface area contributed by atoms with Crippen molar-refractivity contribution in [1.82, 2.24) is 0 Å². The molecule has 4 aliphatic carbocycles. The summed E-state index contributed by atoms with van der Waals surface area (Å²) in [5.41, 5.74) is 0. The van der Waals surface area contributed by atoms with E-state index in [4.69, 9.17) is 52.1 Å². The lowest BCUT2D eigenvalue weighted by Crippen LogP contribution is -2.66. The third kappa shape index (κ3) is 15.3. The zero-order valence-corrected chi connectivity index (χ0v) is 44.5. The second-order valence-corrected chi connectivity index (χ2v) is 22.7. The molecule has 4 aliphatic heterocycles. The van der Waals surface area contributed by atoms with E-state index in [-0.39, 0.29) is 37.0 Å². The van der Waals surface area contributed by atoms with Crippen LogP contribution in [0.1, 0.15) is 83.5 Å². The second-order valence-electron chi connectivity index (χ2n) is 22.7. The highest BCUT2D eigenvalue weighted by molar-refractivity contribution is 5.82. The molecule has 0 aromatic carbocycles. The third-order valence-corrected chi connectivity index (χ3v) is 17.4. The van der Waals surface area contributed by atoms with Crippen LogP contribution in [0.5, 0.6) is 0 Å². The minimum atomic E-state index is -2.02. The van der Waals surface area contributed by atoms with Crippen molar-refractivity contribution >= 4 is 11.9 Å². The molecule has 8 rings (SSSR count). The Balaban J connectivity index is 1.03. The molecule has 4 saturated heterocycles. The summed E-state index contributed by atoms with van der Waals surface area (Å²) in [5.74, 6) is -2.79. The summed E-state index contributed by atoms with van der Waals surface area (Å²) >= 11 is 0. The number of allylic oxidation sites excluding steroid dienone is 2. The van der Waals surface area contributed by atoms with Crippen LogP contribution in [0.15, 0.2) is 24.3 Å². The zero-order chi connectivity index (χ0) is 56.8. The minimum Gasteiger partial charge on any atom is -0.460 e. The highest BCUT2D eigenvalue weighted by Crippen LogP contribution is 2.45. The van der Waals surface area contributed by atoms with Crippen molar-refractivity contribution in [2.75, 3.05) is 34.0 Å². The Morgan fingerprint density at radius 1 is 0.468 bits per heavy atom. The first-order valence-corrected chi connectivity index (χ1v) is 27.9. The number of methoxy groups -OCH3 is 2. The van der Waals surface area contributed by atoms with Gasteiger partial charge in [-0.15, -0.1) is 0 Å². The van der Waals surface area contributed by atoms with Crippen LogP contribution in [0.3, 0.4) is 0 Å². The number of hydrogen-bond acceptors (Lipinski definition) is 26. The summed E-state index contributed by atoms with van der Waals surface area (Å²) in [5, 5.41) is 141. The fraction of sp³-hybridized carbons (Fsp3) is 0.887. The van der Waals surface area contributed by atoms with Crippen molar-refractivity contribution in [3.63, 3.8) is 0 Å². The number of ether oxygens (including phenoxy) is 11. The van der Waals surface area contributed by atoms with E-state index < -0.39 is 191 Å². The normalized spacial score (nSPS) is 48.1. The van der Waals surface area contributed by atoms with Crippen molar-refractivity contribution in [3.8, 4) is 0 Å². The Kier molecular flexibility index (Phi) is 22.5. The molecule has 12 unspecified atom stereocenters. The van der Waals surface area contributed by atoms with Gasteiger partial charge in [0.05, 0.1) is 67.6 Å². The summed E-state index contributed by atoms with van der Waals surface area (Å²) in [6.07, 6.45) is -22.8. The molecular weight excluding hydrogens is 1050 g/mol. The van der Waals surface area contributed by atoms with E-state index in [1.54, 1.807) is 12.2 Å². The molecule has 0 amide bonds. The Morgan fingerprint density at radius 2 is 0.962 bits per heavy atom. The van der Waals surface area contributed by atoms with Crippen molar-refractivity contribution in [1.29, 1.82) is 0 Å². The number of hydrogen-bond donors (Lipinski definition) is 13. The zero-order valence-electron chi connectivity index (χ0n) is 44.5. The monoisotopic (exact) mass is 1140 g/mol. The van der Waals surface area contributed by atoms with Crippen LogP contribution >= 0.6 is 0 Å². The molecule has 8 fully saturated rings. The molecule has 79 heavy (non-hydrogen) atoms. The lowest BCUT2D eigenvalue weighted by atomic mass is 9.73. The van der Waals surface area contributed by atoms with Gasteiger partial charge >= 0.3 is 11.9 Å². The number of aliphatic hydroxyl groups excluding tert-OH is 13. The molecule has 0 radical (unpaired) electrons. The average Bonchev–Trinajstić information content (AvgIpc) is 3.47. The Hall–Kier alpha value is -2.46. The van der Waals surface area contributed by atoms with E-state index in [0.717, 1.165) is 0 Å². The summed E-state index contributed by atoms with van der Waals surface area (Å²) in [4.78, 5) is 26.1. The van der Waals surface area contributed by atoms with Crippen LogP contribution in [0.2, 0.25) is 0 Å². The van der Waals surface area contributed by atoms with Crippen molar-refractivity contribution < 1.29 is 128 Å². The average molecular weight is 1140 g/mol. The van der Waals surface area contributed by atoms with Gasteiger partial charge in [0.1, 0.15) is 86.5 Å². The van der Waals surface area contributed by atoms with Gasteiger partial charge in [0.25, 0.3) is 0 Å². The molecule has 0 aromatic heterocycles. The number of carbonyl (C=O) groups is 2. The smallest absolute Gasteiger partial charge is 0.330 e. The Labute approximate surface area is 457 Å². The summed E-state index contributed by atoms with van der Waals surface area (Å²) in [6.45, 7) is -2.00. The predicted molar refractivity (Wildman–Crippen MR) is 264 cm³/mol. The highest BCUT2D eigenvalue weighted by Gasteiger charge is 2.56. The summed E-state index contributed by atoms with van der Waals surface area (Å²) in [7, 11) is 2.98. The number of carbonyl (C=O) groups excluding carboxylic acids is 2. The third-order valence-electron chi connectivity index (χ3n) is 17.4. The van der Waals surface area contributed by atoms with Gasteiger partial charge in [-0.05, 0) is 94.8 Å². The number of esters is 2. The first-order chi connectivity index (χ1) is 37.8. The van der Waals surface area contributed by atoms with Crippen LogP contribution in [0.4, 0.5) is 0 Å². The van der Waals surface area contributed by atoms with Gasteiger partial charge in [-0.3, -0.25) is 0 Å². The maximum atomic E-state index is 13.2. The van der Waals surface area contributed by atoms with Crippen LogP contribution < -0.4 is 0 Å². The fourth-order valence-corrected chi connectivity index (χ4v) is 12.6. The van der Waals surface area contributed by atoms with Crippen molar-refractivity contribution in [2.24, 2.45) is 23.7 Å². The quantitative estimate of drug-likeness (QED) is 0.0463. The SMILES string of the molecule is COC1CC(C=CC(=O)OC[C@H]2O[C@@H](O[C@H]3[C@H](OC4CC5C(CC(O)CC5O[C@@H]5O[C@H](CO)[C@@H](O)[C@H](O)[C@H]5O)OC4C4CCC(O)CC4)O[C@H](COC(=O)C=CC4CCC(O)C(OC)C4)[C@@H](O)[C@@H]3O)[C@H](O)[C@@H](O)[C@@H]2O)CCC1O. The van der Waals surface area contributed by atoms with E-state index in [2.05, 4.69) is 0 Å². The highest BCUT2D eigenvalue weighted by atomic mass is 16.8. The predicted octanol–water partition coefficient (Wildman–Crippen LogP) is -3.77. The van der Waals surface area contributed by atoms with E-state index >= 15 is 0 Å². The van der Waals surface area contributed by atoms with Crippen LogP contribution in [0, 0.1) is 23.7 Å². The number of aliphatic hydroxyl groups is 13. The lowest BCUT2D eigenvalue weighted by Gasteiger charge is -2.52. The van der Waals surface area contributed by atoms with E-state index in [1.165, 1.54) is 26.4 Å². The van der Waals surface area contributed by atoms with Crippen molar-refractivity contribution in [2.45, 2.75) is 237 Å². The van der Waals surface area contributed by atoms with Crippen LogP contribution in [0.25, 0.3) is 0 Å². The first kappa shape index (κ1) is 62.6. The molecule has 0 bridgehead atoms. The maximum Gasteiger partial charge on any atom is 0.330 e. The molecule has 26 heteroatoms. The molecule has 27 atom stereocenters. The van der Waals surface area contributed by atoms with Gasteiger partial charge in [0.2, 0.25) is 0 Å². The molecule has 4 saturated carbocycles. The fourth-order valence-electron chi connectivity index (χ4n) is 12.6. The summed E-state index contributed by atoms with van der Waals surface area (Å²) < 4.78 is 65.8. The van der Waals surface area contributed by atoms with E-state index in [0.29, 0.717) is 64.2 Å². The molecule has 4 heterocycles. The first-order valence-electron chi connectivity index (χ1n) is 27.9. The largest absolute Gasteiger partial charge is 0.460 e. The van der Waals surface area contributed by atoms with Crippen LogP contribution in [-0.4, -0.2) is 266 Å². The van der Waals surface area contributed by atoms with Gasteiger partial charge in [0.15, 0.2) is 18.9 Å².